The lowest BCUT2D eigenvalue weighted by molar-refractivity contribution is -0.123. The summed E-state index contributed by atoms with van der Waals surface area (Å²) in [7, 11) is 0. The molecule has 3 fully saturated rings. The van der Waals surface area contributed by atoms with Crippen LogP contribution in [0, 0.1) is 6.92 Å². The molecule has 1 atom stereocenters. The van der Waals surface area contributed by atoms with Crippen molar-refractivity contribution in [3.63, 3.8) is 0 Å². The number of likely N-dealkylation sites (tertiary alicyclic amines) is 1. The SMILES string of the molecule is Cc1ccc(Nc2nc(-c3ccc4c(c3)N(C3CC(N5CCC[C@H](O)C5)C3)C(=O)C4(C)C)cc3ncn(C4CC4)c23)cc1C(N)=O. The van der Waals surface area contributed by atoms with Crippen LogP contribution >= 0.6 is 0 Å². The van der Waals surface area contributed by atoms with Gasteiger partial charge in [0.05, 0.1) is 29.1 Å². The van der Waals surface area contributed by atoms with Gasteiger partial charge in [0, 0.05) is 47.2 Å². The van der Waals surface area contributed by atoms with Crippen LogP contribution in [0.3, 0.4) is 0 Å². The van der Waals surface area contributed by atoms with Gasteiger partial charge in [0.2, 0.25) is 11.8 Å². The van der Waals surface area contributed by atoms with Crippen LogP contribution in [0.2, 0.25) is 0 Å². The maximum absolute atomic E-state index is 13.9. The van der Waals surface area contributed by atoms with Gasteiger partial charge in [-0.2, -0.15) is 0 Å². The number of aliphatic hydroxyl groups excluding tert-OH is 1. The minimum atomic E-state index is -0.614. The van der Waals surface area contributed by atoms with Gasteiger partial charge >= 0.3 is 0 Å². The molecule has 4 heterocycles. The topological polar surface area (TPSA) is 130 Å². The van der Waals surface area contributed by atoms with E-state index in [0.29, 0.717) is 23.5 Å². The number of primary amides is 1. The summed E-state index contributed by atoms with van der Waals surface area (Å²) in [6, 6.07) is 14.8. The van der Waals surface area contributed by atoms with Crippen molar-refractivity contribution >= 4 is 40.0 Å². The summed E-state index contributed by atoms with van der Waals surface area (Å²) >= 11 is 0. The first-order valence-corrected chi connectivity index (χ1v) is 16.5. The molecule has 2 aliphatic heterocycles. The van der Waals surface area contributed by atoms with E-state index < -0.39 is 11.3 Å². The molecule has 2 amide bonds. The number of piperidine rings is 1. The second-order valence-corrected chi connectivity index (χ2v) is 14.2. The number of benzene rings is 2. The molecular formula is C36H41N7O3. The van der Waals surface area contributed by atoms with E-state index in [1.807, 2.05) is 50.2 Å². The number of hydrogen-bond donors (Lipinski definition) is 3. The maximum Gasteiger partial charge on any atom is 0.249 e. The molecule has 4 aromatic rings. The Morgan fingerprint density at radius 3 is 2.59 bits per heavy atom. The number of fused-ring (bicyclic) bond motifs is 2. The molecule has 2 aromatic heterocycles. The summed E-state index contributed by atoms with van der Waals surface area (Å²) < 4.78 is 2.19. The van der Waals surface area contributed by atoms with E-state index in [1.54, 1.807) is 6.07 Å². The Hall–Kier alpha value is -4.28. The molecule has 2 aromatic carbocycles. The molecule has 0 bridgehead atoms. The highest BCUT2D eigenvalue weighted by Crippen LogP contribution is 2.48. The van der Waals surface area contributed by atoms with Crippen LogP contribution < -0.4 is 16.0 Å². The minimum Gasteiger partial charge on any atom is -0.392 e. The van der Waals surface area contributed by atoms with Gasteiger partial charge in [0.15, 0.2) is 5.82 Å². The van der Waals surface area contributed by atoms with E-state index >= 15 is 0 Å². The lowest BCUT2D eigenvalue weighted by Crippen LogP contribution is -2.58. The fourth-order valence-corrected chi connectivity index (χ4v) is 7.72. The molecule has 4 N–H and O–H groups in total. The van der Waals surface area contributed by atoms with E-state index in [4.69, 9.17) is 15.7 Å². The van der Waals surface area contributed by atoms with Crippen molar-refractivity contribution in [1.82, 2.24) is 19.4 Å². The normalized spacial score (nSPS) is 24.2. The van der Waals surface area contributed by atoms with Crippen LogP contribution in [0.15, 0.2) is 48.8 Å². The van der Waals surface area contributed by atoms with Gasteiger partial charge < -0.3 is 25.6 Å². The lowest BCUT2D eigenvalue weighted by Gasteiger charge is -2.48. The smallest absolute Gasteiger partial charge is 0.249 e. The van der Waals surface area contributed by atoms with Gasteiger partial charge in [-0.05, 0) is 101 Å². The molecule has 238 valence electrons. The van der Waals surface area contributed by atoms with E-state index in [1.165, 1.54) is 0 Å². The molecule has 0 spiro atoms. The molecule has 2 aliphatic carbocycles. The Morgan fingerprint density at radius 2 is 1.85 bits per heavy atom. The number of aliphatic hydroxyl groups is 1. The molecule has 0 unspecified atom stereocenters. The highest BCUT2D eigenvalue weighted by Gasteiger charge is 2.50. The number of aryl methyl sites for hydroxylation is 1. The van der Waals surface area contributed by atoms with Crippen LogP contribution in [0.4, 0.5) is 17.2 Å². The van der Waals surface area contributed by atoms with Crippen molar-refractivity contribution in [3.8, 4) is 11.3 Å². The number of nitrogens with two attached hydrogens (primary N) is 1. The van der Waals surface area contributed by atoms with E-state index in [0.717, 1.165) is 96.4 Å². The average Bonchev–Trinajstić information content (AvgIpc) is 3.73. The molecule has 1 saturated heterocycles. The van der Waals surface area contributed by atoms with Gasteiger partial charge in [0.1, 0.15) is 5.52 Å². The summed E-state index contributed by atoms with van der Waals surface area (Å²) in [4.78, 5) is 40.4. The number of nitrogens with zero attached hydrogens (tertiary/aromatic N) is 5. The van der Waals surface area contributed by atoms with Gasteiger partial charge in [-0.3, -0.25) is 14.5 Å². The standard InChI is InChI=1S/C36H41N7O3/c1-20-6-8-22(14-27(20)33(37)45)39-34-32-30(38-19-42(32)23-9-10-23)17-29(40-34)21-7-11-28-31(13-21)43(35(46)36(28,2)3)25-15-24(16-25)41-12-4-5-26(44)18-41/h6-8,11,13-14,17,19,23-26,44H,4-5,9-10,12,15-16,18H2,1-3H3,(H2,37,45)(H,39,40)/t24?,25?,26-/m0/s1. The van der Waals surface area contributed by atoms with E-state index in [2.05, 4.69) is 33.0 Å². The van der Waals surface area contributed by atoms with Crippen LogP contribution in [-0.4, -0.2) is 67.6 Å². The Kier molecular flexibility index (Phi) is 6.74. The average molecular weight is 620 g/mol. The Labute approximate surface area is 268 Å². The number of anilines is 3. The van der Waals surface area contributed by atoms with Crippen molar-refractivity contribution in [2.45, 2.75) is 88.9 Å². The number of β-amino-alcohol motifs (C(OH)–C–C–N with tert-alkyl or cyclic N) is 1. The van der Waals surface area contributed by atoms with Gasteiger partial charge in [0.25, 0.3) is 0 Å². The first-order valence-electron chi connectivity index (χ1n) is 16.5. The summed E-state index contributed by atoms with van der Waals surface area (Å²) in [6.45, 7) is 7.65. The van der Waals surface area contributed by atoms with Crippen molar-refractivity contribution in [1.29, 1.82) is 0 Å². The second kappa shape index (κ2) is 10.6. The number of aromatic nitrogens is 3. The van der Waals surface area contributed by atoms with Crippen LogP contribution in [-0.2, 0) is 10.2 Å². The fraction of sp³-hybridized carbons (Fsp3) is 0.444. The highest BCUT2D eigenvalue weighted by atomic mass is 16.3. The third kappa shape index (κ3) is 4.77. The molecule has 8 rings (SSSR count). The molecule has 46 heavy (non-hydrogen) atoms. The molecule has 2 saturated carbocycles. The monoisotopic (exact) mass is 619 g/mol. The zero-order valence-corrected chi connectivity index (χ0v) is 26.7. The Morgan fingerprint density at radius 1 is 1.04 bits per heavy atom. The number of rotatable bonds is 7. The number of pyridine rings is 1. The predicted molar refractivity (Wildman–Crippen MR) is 178 cm³/mol. The van der Waals surface area contributed by atoms with E-state index in [-0.39, 0.29) is 18.1 Å². The van der Waals surface area contributed by atoms with Crippen LogP contribution in [0.1, 0.15) is 79.9 Å². The number of amides is 2. The summed E-state index contributed by atoms with van der Waals surface area (Å²) in [5.74, 6) is 0.332. The Bertz CT molecular complexity index is 1890. The molecule has 4 aliphatic rings. The number of hydrogen-bond acceptors (Lipinski definition) is 7. The highest BCUT2D eigenvalue weighted by molar-refractivity contribution is 6.09. The molecule has 10 heteroatoms. The first kappa shape index (κ1) is 29.1. The quantitative estimate of drug-likeness (QED) is 0.259. The molecule has 10 nitrogen and oxygen atoms in total. The van der Waals surface area contributed by atoms with Gasteiger partial charge in [-0.25, -0.2) is 9.97 Å². The minimum absolute atomic E-state index is 0.134. The zero-order valence-electron chi connectivity index (χ0n) is 26.7. The van der Waals surface area contributed by atoms with Gasteiger partial charge in [-0.15, -0.1) is 0 Å². The summed E-state index contributed by atoms with van der Waals surface area (Å²) in [6.07, 6.45) is 7.58. The number of carbonyl (C=O) groups excluding carboxylic acids is 2. The second-order valence-electron chi connectivity index (χ2n) is 14.2. The van der Waals surface area contributed by atoms with Crippen LogP contribution in [0.25, 0.3) is 22.3 Å². The molecule has 0 radical (unpaired) electrons. The molecular weight excluding hydrogens is 578 g/mol. The van der Waals surface area contributed by atoms with E-state index in [9.17, 15) is 14.7 Å². The van der Waals surface area contributed by atoms with Crippen molar-refractivity contribution in [3.05, 3.63) is 65.5 Å². The van der Waals surface area contributed by atoms with Crippen molar-refractivity contribution in [2.75, 3.05) is 23.3 Å². The lowest BCUT2D eigenvalue weighted by atomic mass is 9.82. The van der Waals surface area contributed by atoms with Gasteiger partial charge in [-0.1, -0.05) is 18.2 Å². The maximum atomic E-state index is 13.9. The predicted octanol–water partition coefficient (Wildman–Crippen LogP) is 5.20. The first-order chi connectivity index (χ1) is 22.1. The van der Waals surface area contributed by atoms with Crippen LogP contribution in [0.5, 0.6) is 0 Å². The largest absolute Gasteiger partial charge is 0.392 e. The fourth-order valence-electron chi connectivity index (χ4n) is 7.72. The summed E-state index contributed by atoms with van der Waals surface area (Å²) in [5, 5.41) is 13.7. The number of imidazole rings is 1. The third-order valence-electron chi connectivity index (χ3n) is 10.6. The third-order valence-corrected chi connectivity index (χ3v) is 10.6. The Balaban J connectivity index is 1.16. The van der Waals surface area contributed by atoms with Crippen molar-refractivity contribution < 1.29 is 14.7 Å². The zero-order chi connectivity index (χ0) is 31.9. The number of carbonyl (C=O) groups is 2. The van der Waals surface area contributed by atoms with Crippen molar-refractivity contribution in [2.24, 2.45) is 5.73 Å². The number of nitrogens with one attached hydrogen (secondary N) is 1. The summed E-state index contributed by atoms with van der Waals surface area (Å²) in [5.41, 5.74) is 12.5.